The highest BCUT2D eigenvalue weighted by Crippen LogP contribution is 2.33. The molecule has 1 aromatic rings. The van der Waals surface area contributed by atoms with Crippen molar-refractivity contribution in [3.8, 4) is 11.5 Å². The minimum absolute atomic E-state index is 0.435. The van der Waals surface area contributed by atoms with Gasteiger partial charge in [0.2, 0.25) is 0 Å². The van der Waals surface area contributed by atoms with E-state index in [9.17, 15) is 0 Å². The lowest BCUT2D eigenvalue weighted by atomic mass is 10.1. The van der Waals surface area contributed by atoms with Crippen molar-refractivity contribution in [2.45, 2.75) is 66.5 Å². The van der Waals surface area contributed by atoms with E-state index in [2.05, 4.69) is 44.7 Å². The van der Waals surface area contributed by atoms with Gasteiger partial charge in [-0.3, -0.25) is 0 Å². The van der Waals surface area contributed by atoms with Gasteiger partial charge in [0.05, 0.1) is 13.7 Å². The number of nitrogens with zero attached hydrogens (tertiary/aromatic N) is 1. The summed E-state index contributed by atoms with van der Waals surface area (Å²) < 4.78 is 16.3. The molecule has 0 saturated carbocycles. The van der Waals surface area contributed by atoms with E-state index >= 15 is 0 Å². The largest absolute Gasteiger partial charge is 0.493 e. The van der Waals surface area contributed by atoms with Crippen LogP contribution in [0.25, 0.3) is 0 Å². The summed E-state index contributed by atoms with van der Waals surface area (Å²) in [5.74, 6) is 1.57. The van der Waals surface area contributed by atoms with Gasteiger partial charge < -0.3 is 19.1 Å². The maximum atomic E-state index is 5.88. The number of hydrogen-bond acceptors (Lipinski definition) is 4. The molecule has 0 bridgehead atoms. The molecule has 1 atom stereocenters. The number of anilines is 1. The molecule has 0 aromatic heterocycles. The number of benzene rings is 1. The second-order valence-electron chi connectivity index (χ2n) is 5.79. The Bertz CT molecular complexity index is 435. The lowest BCUT2D eigenvalue weighted by Gasteiger charge is -2.35. The molecule has 4 heteroatoms. The van der Waals surface area contributed by atoms with E-state index in [1.165, 1.54) is 5.69 Å². The molecule has 1 rings (SSSR count). The number of rotatable bonds is 10. The topological polar surface area (TPSA) is 30.9 Å². The molecule has 0 aliphatic rings. The summed E-state index contributed by atoms with van der Waals surface area (Å²) in [5.41, 5.74) is 1.17. The molecule has 0 saturated heterocycles. The van der Waals surface area contributed by atoms with E-state index in [-0.39, 0.29) is 0 Å². The highest BCUT2D eigenvalue weighted by molar-refractivity contribution is 5.57. The van der Waals surface area contributed by atoms with Crippen LogP contribution in [0, 0.1) is 0 Å². The van der Waals surface area contributed by atoms with Crippen LogP contribution in [-0.4, -0.2) is 39.5 Å². The van der Waals surface area contributed by atoms with Gasteiger partial charge in [0.15, 0.2) is 11.5 Å². The van der Waals surface area contributed by atoms with Gasteiger partial charge in [0, 0.05) is 44.0 Å². The molecule has 24 heavy (non-hydrogen) atoms. The Balaban J connectivity index is 0.00000254. The normalized spacial score (nSPS) is 11.5. The van der Waals surface area contributed by atoms with Crippen molar-refractivity contribution in [3.63, 3.8) is 0 Å². The first-order chi connectivity index (χ1) is 11.5. The van der Waals surface area contributed by atoms with E-state index in [1.54, 1.807) is 14.2 Å². The van der Waals surface area contributed by atoms with Gasteiger partial charge in [-0.1, -0.05) is 20.8 Å². The third kappa shape index (κ3) is 7.00. The molecular formula is C20H37NO3. The van der Waals surface area contributed by atoms with Crippen molar-refractivity contribution in [3.05, 3.63) is 18.2 Å². The van der Waals surface area contributed by atoms with Crippen LogP contribution in [0.5, 0.6) is 11.5 Å². The molecular weight excluding hydrogens is 302 g/mol. The van der Waals surface area contributed by atoms with E-state index in [0.29, 0.717) is 25.3 Å². The summed E-state index contributed by atoms with van der Waals surface area (Å²) in [6.45, 7) is 14.2. The van der Waals surface area contributed by atoms with Crippen molar-refractivity contribution >= 4 is 5.69 Å². The van der Waals surface area contributed by atoms with Gasteiger partial charge in [0.25, 0.3) is 0 Å². The van der Waals surface area contributed by atoms with Crippen molar-refractivity contribution < 1.29 is 14.2 Å². The number of ether oxygens (including phenoxy) is 3. The first-order valence-electron chi connectivity index (χ1n) is 9.13. The fraction of sp³-hybridized carbons (Fsp3) is 0.700. The lowest BCUT2D eigenvalue weighted by Crippen LogP contribution is -2.38. The van der Waals surface area contributed by atoms with Crippen LogP contribution in [0.4, 0.5) is 5.69 Å². The minimum atomic E-state index is 0.435. The van der Waals surface area contributed by atoms with Gasteiger partial charge in [-0.2, -0.15) is 0 Å². The summed E-state index contributed by atoms with van der Waals surface area (Å²) in [5, 5.41) is 0. The standard InChI is InChI=1S/C18H31NO3.C2H6/c1-7-15(4)19(14(2)3)16-9-10-17(21-6)18(13-16)22-12-8-11-20-5;1-2/h9-10,13-15H,7-8,11-12H2,1-6H3;1-2H3. The Kier molecular flexibility index (Phi) is 12.2. The van der Waals surface area contributed by atoms with Crippen LogP contribution < -0.4 is 14.4 Å². The second-order valence-corrected chi connectivity index (χ2v) is 5.79. The molecule has 140 valence electrons. The Labute approximate surface area is 149 Å². The zero-order chi connectivity index (χ0) is 18.5. The Morgan fingerprint density at radius 2 is 1.67 bits per heavy atom. The predicted molar refractivity (Wildman–Crippen MR) is 104 cm³/mol. The summed E-state index contributed by atoms with van der Waals surface area (Å²) in [4.78, 5) is 2.42. The molecule has 0 N–H and O–H groups in total. The first kappa shape index (κ1) is 22.6. The molecule has 0 aliphatic carbocycles. The monoisotopic (exact) mass is 339 g/mol. The Hall–Kier alpha value is -1.42. The molecule has 0 amide bonds. The zero-order valence-electron chi connectivity index (χ0n) is 16.9. The molecule has 0 spiro atoms. The first-order valence-corrected chi connectivity index (χ1v) is 9.13. The van der Waals surface area contributed by atoms with E-state index in [1.807, 2.05) is 19.9 Å². The van der Waals surface area contributed by atoms with E-state index in [0.717, 1.165) is 24.3 Å². The van der Waals surface area contributed by atoms with Crippen LogP contribution in [-0.2, 0) is 4.74 Å². The number of methoxy groups -OCH3 is 2. The second kappa shape index (κ2) is 12.9. The maximum absolute atomic E-state index is 5.88. The van der Waals surface area contributed by atoms with Crippen LogP contribution in [0.3, 0.4) is 0 Å². The molecule has 0 aliphatic heterocycles. The zero-order valence-corrected chi connectivity index (χ0v) is 16.9. The quantitative estimate of drug-likeness (QED) is 0.552. The third-order valence-electron chi connectivity index (χ3n) is 3.82. The van der Waals surface area contributed by atoms with Crippen molar-refractivity contribution in [2.75, 3.05) is 32.3 Å². The molecule has 0 heterocycles. The average Bonchev–Trinajstić information content (AvgIpc) is 2.60. The SMILES string of the molecule is CC.CCC(C)N(c1ccc(OC)c(OCCCOC)c1)C(C)C. The van der Waals surface area contributed by atoms with E-state index < -0.39 is 0 Å². The van der Waals surface area contributed by atoms with Gasteiger partial charge in [-0.15, -0.1) is 0 Å². The maximum Gasteiger partial charge on any atom is 0.163 e. The lowest BCUT2D eigenvalue weighted by molar-refractivity contribution is 0.170. The van der Waals surface area contributed by atoms with Crippen molar-refractivity contribution in [2.24, 2.45) is 0 Å². The molecule has 0 radical (unpaired) electrons. The van der Waals surface area contributed by atoms with Gasteiger partial charge >= 0.3 is 0 Å². The molecule has 1 aromatic carbocycles. The summed E-state index contributed by atoms with van der Waals surface area (Å²) >= 11 is 0. The predicted octanol–water partition coefficient (Wildman–Crippen LogP) is 5.15. The minimum Gasteiger partial charge on any atom is -0.493 e. The number of hydrogen-bond donors (Lipinski definition) is 0. The molecule has 1 unspecified atom stereocenters. The highest BCUT2D eigenvalue weighted by atomic mass is 16.5. The molecule has 4 nitrogen and oxygen atoms in total. The third-order valence-corrected chi connectivity index (χ3v) is 3.82. The van der Waals surface area contributed by atoms with E-state index in [4.69, 9.17) is 14.2 Å². The van der Waals surface area contributed by atoms with Crippen LogP contribution in [0.2, 0.25) is 0 Å². The van der Waals surface area contributed by atoms with Crippen molar-refractivity contribution in [1.82, 2.24) is 0 Å². The average molecular weight is 340 g/mol. The van der Waals surface area contributed by atoms with Crippen LogP contribution >= 0.6 is 0 Å². The van der Waals surface area contributed by atoms with Crippen LogP contribution in [0.15, 0.2) is 18.2 Å². The van der Waals surface area contributed by atoms with Crippen molar-refractivity contribution in [1.29, 1.82) is 0 Å². The fourth-order valence-corrected chi connectivity index (χ4v) is 2.58. The smallest absolute Gasteiger partial charge is 0.163 e. The summed E-state index contributed by atoms with van der Waals surface area (Å²) in [6, 6.07) is 7.09. The Morgan fingerprint density at radius 3 is 2.17 bits per heavy atom. The molecule has 0 fully saturated rings. The highest BCUT2D eigenvalue weighted by Gasteiger charge is 2.18. The summed E-state index contributed by atoms with van der Waals surface area (Å²) in [6.07, 6.45) is 1.97. The summed E-state index contributed by atoms with van der Waals surface area (Å²) in [7, 11) is 3.37. The van der Waals surface area contributed by atoms with Gasteiger partial charge in [-0.05, 0) is 39.3 Å². The van der Waals surface area contributed by atoms with Gasteiger partial charge in [-0.25, -0.2) is 0 Å². The Morgan fingerprint density at radius 1 is 1.00 bits per heavy atom. The van der Waals surface area contributed by atoms with Gasteiger partial charge in [0.1, 0.15) is 0 Å². The van der Waals surface area contributed by atoms with Crippen LogP contribution in [0.1, 0.15) is 54.4 Å². The fourth-order valence-electron chi connectivity index (χ4n) is 2.58.